The molecule has 0 saturated carbocycles. The van der Waals surface area contributed by atoms with Gasteiger partial charge in [0.05, 0.1) is 11.9 Å². The molecule has 1 aromatic rings. The van der Waals surface area contributed by atoms with Gasteiger partial charge in [0.2, 0.25) is 0 Å². The first kappa shape index (κ1) is 14.7. The van der Waals surface area contributed by atoms with E-state index in [2.05, 4.69) is 12.0 Å². The first-order chi connectivity index (χ1) is 8.69. The smallest absolute Gasteiger partial charge is 0.268 e. The third kappa shape index (κ3) is 4.49. The molecule has 5 nitrogen and oxygen atoms in total. The Bertz CT molecular complexity index is 402. The number of hydrogen-bond acceptors (Lipinski definition) is 4. The second-order valence-electron chi connectivity index (χ2n) is 4.55. The summed E-state index contributed by atoms with van der Waals surface area (Å²) in [6.07, 6.45) is 6.31. The highest BCUT2D eigenvalue weighted by molar-refractivity contribution is 5.41. The molecule has 1 heterocycles. The van der Waals surface area contributed by atoms with E-state index in [-0.39, 0.29) is 5.56 Å². The van der Waals surface area contributed by atoms with Crippen molar-refractivity contribution < 1.29 is 0 Å². The Morgan fingerprint density at radius 1 is 1.39 bits per heavy atom. The van der Waals surface area contributed by atoms with Crippen molar-refractivity contribution in [1.82, 2.24) is 9.78 Å². The summed E-state index contributed by atoms with van der Waals surface area (Å²) in [4.78, 5) is 13.8. The topological polar surface area (TPSA) is 64.2 Å². The van der Waals surface area contributed by atoms with Crippen molar-refractivity contribution in [2.24, 2.45) is 5.73 Å². The Hall–Kier alpha value is -1.36. The zero-order chi connectivity index (χ0) is 13.4. The molecule has 0 spiro atoms. The monoisotopic (exact) mass is 252 g/mol. The standard InChI is InChI=1S/C13H24N4O/c1-3-4-5-6-8-17-13(18)10-12(11-15-17)16(2)9-7-14/h10-11H,3-9,14H2,1-2H3. The molecule has 0 unspecified atom stereocenters. The molecule has 1 aromatic heterocycles. The largest absolute Gasteiger partial charge is 0.372 e. The van der Waals surface area contributed by atoms with E-state index in [1.165, 1.54) is 17.5 Å². The number of likely N-dealkylation sites (N-methyl/N-ethyl adjacent to an activating group) is 1. The Morgan fingerprint density at radius 3 is 2.78 bits per heavy atom. The quantitative estimate of drug-likeness (QED) is 0.707. The van der Waals surface area contributed by atoms with Crippen molar-refractivity contribution in [3.63, 3.8) is 0 Å². The number of anilines is 1. The van der Waals surface area contributed by atoms with Crippen LogP contribution in [0.3, 0.4) is 0 Å². The second kappa shape index (κ2) is 7.87. The van der Waals surface area contributed by atoms with E-state index in [1.54, 1.807) is 12.3 Å². The van der Waals surface area contributed by atoms with Crippen LogP contribution in [0.5, 0.6) is 0 Å². The zero-order valence-electron chi connectivity index (χ0n) is 11.4. The molecule has 0 radical (unpaired) electrons. The maximum absolute atomic E-state index is 11.9. The average Bonchev–Trinajstić information content (AvgIpc) is 2.36. The van der Waals surface area contributed by atoms with Crippen LogP contribution in [-0.2, 0) is 6.54 Å². The normalized spacial score (nSPS) is 10.6. The van der Waals surface area contributed by atoms with Gasteiger partial charge in [-0.15, -0.1) is 0 Å². The van der Waals surface area contributed by atoms with E-state index in [4.69, 9.17) is 5.73 Å². The van der Waals surface area contributed by atoms with Crippen molar-refractivity contribution in [3.05, 3.63) is 22.6 Å². The number of hydrogen-bond donors (Lipinski definition) is 1. The SMILES string of the molecule is CCCCCCn1ncc(N(C)CCN)cc1=O. The predicted octanol–water partition coefficient (Wildman–Crippen LogP) is 1.22. The second-order valence-corrected chi connectivity index (χ2v) is 4.55. The lowest BCUT2D eigenvalue weighted by Crippen LogP contribution is -2.29. The molecule has 5 heteroatoms. The van der Waals surface area contributed by atoms with Crippen LogP contribution in [0.25, 0.3) is 0 Å². The molecule has 0 fully saturated rings. The molecular formula is C13H24N4O. The van der Waals surface area contributed by atoms with Crippen LogP contribution in [0.1, 0.15) is 32.6 Å². The molecule has 0 aromatic carbocycles. The molecule has 2 N–H and O–H groups in total. The van der Waals surface area contributed by atoms with Crippen molar-refractivity contribution in [2.45, 2.75) is 39.2 Å². The van der Waals surface area contributed by atoms with Gasteiger partial charge < -0.3 is 10.6 Å². The number of nitrogens with two attached hydrogens (primary N) is 1. The molecule has 0 aliphatic rings. The number of aryl methyl sites for hydroxylation is 1. The fourth-order valence-corrected chi connectivity index (χ4v) is 1.81. The van der Waals surface area contributed by atoms with Gasteiger partial charge in [0.25, 0.3) is 5.56 Å². The minimum atomic E-state index is -0.0344. The van der Waals surface area contributed by atoms with Gasteiger partial charge in [-0.05, 0) is 6.42 Å². The lowest BCUT2D eigenvalue weighted by Gasteiger charge is -2.17. The van der Waals surface area contributed by atoms with Gasteiger partial charge in [0, 0.05) is 32.7 Å². The van der Waals surface area contributed by atoms with Gasteiger partial charge in [-0.2, -0.15) is 5.10 Å². The van der Waals surface area contributed by atoms with E-state index >= 15 is 0 Å². The van der Waals surface area contributed by atoms with Gasteiger partial charge in [0.1, 0.15) is 0 Å². The third-order valence-corrected chi connectivity index (χ3v) is 2.98. The molecule has 0 bridgehead atoms. The van der Waals surface area contributed by atoms with Crippen LogP contribution >= 0.6 is 0 Å². The summed E-state index contributed by atoms with van der Waals surface area (Å²) in [5, 5.41) is 4.20. The summed E-state index contributed by atoms with van der Waals surface area (Å²) in [5.74, 6) is 0. The number of unbranched alkanes of at least 4 members (excludes halogenated alkanes) is 3. The summed E-state index contributed by atoms with van der Waals surface area (Å²) in [6.45, 7) is 4.17. The fraction of sp³-hybridized carbons (Fsp3) is 0.692. The summed E-state index contributed by atoms with van der Waals surface area (Å²) < 4.78 is 1.54. The van der Waals surface area contributed by atoms with E-state index in [1.807, 2.05) is 11.9 Å². The van der Waals surface area contributed by atoms with Crippen molar-refractivity contribution in [2.75, 3.05) is 25.0 Å². The van der Waals surface area contributed by atoms with Crippen molar-refractivity contribution >= 4 is 5.69 Å². The van der Waals surface area contributed by atoms with Crippen LogP contribution in [0.15, 0.2) is 17.1 Å². The minimum absolute atomic E-state index is 0.0344. The zero-order valence-corrected chi connectivity index (χ0v) is 11.4. The van der Waals surface area contributed by atoms with Crippen LogP contribution in [0, 0.1) is 0 Å². The van der Waals surface area contributed by atoms with Crippen LogP contribution < -0.4 is 16.2 Å². The number of nitrogens with zero attached hydrogens (tertiary/aromatic N) is 3. The van der Waals surface area contributed by atoms with Crippen LogP contribution in [0.4, 0.5) is 5.69 Å². The van der Waals surface area contributed by atoms with Crippen molar-refractivity contribution in [1.29, 1.82) is 0 Å². The maximum atomic E-state index is 11.9. The maximum Gasteiger partial charge on any atom is 0.268 e. The highest BCUT2D eigenvalue weighted by atomic mass is 16.1. The van der Waals surface area contributed by atoms with Gasteiger partial charge in [0.15, 0.2) is 0 Å². The Balaban J connectivity index is 2.59. The number of aromatic nitrogens is 2. The fourth-order valence-electron chi connectivity index (χ4n) is 1.81. The predicted molar refractivity (Wildman–Crippen MR) is 75.0 cm³/mol. The highest BCUT2D eigenvalue weighted by Crippen LogP contribution is 2.06. The lowest BCUT2D eigenvalue weighted by atomic mass is 10.2. The van der Waals surface area contributed by atoms with Gasteiger partial charge in [-0.1, -0.05) is 26.2 Å². The minimum Gasteiger partial charge on any atom is -0.372 e. The molecule has 1 rings (SSSR count). The summed E-state index contributed by atoms with van der Waals surface area (Å²) in [6, 6.07) is 1.63. The lowest BCUT2D eigenvalue weighted by molar-refractivity contribution is 0.519. The summed E-state index contributed by atoms with van der Waals surface area (Å²) in [7, 11) is 1.91. The van der Waals surface area contributed by atoms with Gasteiger partial charge in [-0.3, -0.25) is 4.79 Å². The summed E-state index contributed by atoms with van der Waals surface area (Å²) in [5.41, 5.74) is 6.28. The van der Waals surface area contributed by atoms with E-state index in [0.29, 0.717) is 13.1 Å². The number of rotatable bonds is 8. The molecular weight excluding hydrogens is 228 g/mol. The molecule has 0 amide bonds. The van der Waals surface area contributed by atoms with Crippen molar-refractivity contribution in [3.8, 4) is 0 Å². The Labute approximate surface area is 109 Å². The summed E-state index contributed by atoms with van der Waals surface area (Å²) >= 11 is 0. The first-order valence-corrected chi connectivity index (χ1v) is 6.67. The van der Waals surface area contributed by atoms with Crippen LogP contribution in [0.2, 0.25) is 0 Å². The first-order valence-electron chi connectivity index (χ1n) is 6.67. The highest BCUT2D eigenvalue weighted by Gasteiger charge is 2.03. The average molecular weight is 252 g/mol. The molecule has 0 aliphatic carbocycles. The van der Waals surface area contributed by atoms with Gasteiger partial charge >= 0.3 is 0 Å². The molecule has 0 atom stereocenters. The van der Waals surface area contributed by atoms with E-state index in [0.717, 1.165) is 25.1 Å². The van der Waals surface area contributed by atoms with E-state index in [9.17, 15) is 4.79 Å². The Morgan fingerprint density at radius 2 is 2.17 bits per heavy atom. The molecule has 18 heavy (non-hydrogen) atoms. The van der Waals surface area contributed by atoms with Crippen LogP contribution in [-0.4, -0.2) is 29.9 Å². The van der Waals surface area contributed by atoms with E-state index < -0.39 is 0 Å². The molecule has 0 aliphatic heterocycles. The third-order valence-electron chi connectivity index (χ3n) is 2.98. The Kier molecular flexibility index (Phi) is 6.43. The van der Waals surface area contributed by atoms with Gasteiger partial charge in [-0.25, -0.2) is 4.68 Å². The molecule has 0 saturated heterocycles. The molecule has 102 valence electrons.